The number of aromatic nitrogens is 6. The number of hydrogen-bond donors (Lipinski definition) is 0. The fourth-order valence-electron chi connectivity index (χ4n) is 3.75. The van der Waals surface area contributed by atoms with E-state index >= 15 is 0 Å². The summed E-state index contributed by atoms with van der Waals surface area (Å²) in [5, 5.41) is 5.35. The van der Waals surface area contributed by atoms with Crippen molar-refractivity contribution in [3.05, 3.63) is 61.4 Å². The first-order valence-electron chi connectivity index (χ1n) is 9.15. The molecule has 27 heavy (non-hydrogen) atoms. The van der Waals surface area contributed by atoms with Gasteiger partial charge in [-0.1, -0.05) is 12.1 Å². The molecule has 134 valence electrons. The molecule has 0 N–H and O–H groups in total. The maximum atomic E-state index is 4.96. The molecule has 7 heteroatoms. The van der Waals surface area contributed by atoms with Crippen molar-refractivity contribution in [2.75, 3.05) is 11.4 Å². The van der Waals surface area contributed by atoms with Crippen LogP contribution in [0.5, 0.6) is 0 Å². The molecule has 1 saturated heterocycles. The zero-order chi connectivity index (χ0) is 18.1. The van der Waals surface area contributed by atoms with Crippen LogP contribution in [0.3, 0.4) is 0 Å². The van der Waals surface area contributed by atoms with Crippen molar-refractivity contribution < 1.29 is 0 Å². The van der Waals surface area contributed by atoms with Gasteiger partial charge in [0.2, 0.25) is 0 Å². The van der Waals surface area contributed by atoms with E-state index < -0.39 is 0 Å². The van der Waals surface area contributed by atoms with Gasteiger partial charge < -0.3 is 4.90 Å². The van der Waals surface area contributed by atoms with E-state index in [-0.39, 0.29) is 0 Å². The van der Waals surface area contributed by atoms with E-state index in [1.165, 1.54) is 0 Å². The largest absolute Gasteiger partial charge is 0.351 e. The molecule has 1 aliphatic heterocycles. The summed E-state index contributed by atoms with van der Waals surface area (Å²) in [7, 11) is 0. The van der Waals surface area contributed by atoms with Gasteiger partial charge in [-0.05, 0) is 37.1 Å². The topological polar surface area (TPSA) is 72.6 Å². The number of nitrogens with zero attached hydrogens (tertiary/aromatic N) is 7. The van der Waals surface area contributed by atoms with Crippen molar-refractivity contribution in [1.29, 1.82) is 0 Å². The summed E-state index contributed by atoms with van der Waals surface area (Å²) in [4.78, 5) is 20.4. The minimum absolute atomic E-state index is 0.340. The van der Waals surface area contributed by atoms with Crippen LogP contribution in [-0.4, -0.2) is 42.3 Å². The first-order chi connectivity index (χ1) is 13.4. The van der Waals surface area contributed by atoms with E-state index in [2.05, 4.69) is 26.0 Å². The first-order valence-corrected chi connectivity index (χ1v) is 9.15. The quantitative estimate of drug-likeness (QED) is 0.559. The van der Waals surface area contributed by atoms with Crippen LogP contribution in [0.4, 0.5) is 5.82 Å². The van der Waals surface area contributed by atoms with Gasteiger partial charge in [-0.3, -0.25) is 9.67 Å². The molecule has 4 heterocycles. The van der Waals surface area contributed by atoms with E-state index in [1.54, 1.807) is 18.9 Å². The summed E-state index contributed by atoms with van der Waals surface area (Å²) in [6.07, 6.45) is 9.18. The summed E-state index contributed by atoms with van der Waals surface area (Å²) < 4.78 is 1.90. The van der Waals surface area contributed by atoms with Crippen LogP contribution in [-0.2, 0) is 6.54 Å². The molecule has 1 aliphatic rings. The second-order valence-electron chi connectivity index (χ2n) is 6.74. The highest BCUT2D eigenvalue weighted by Crippen LogP contribution is 2.32. The third kappa shape index (κ3) is 3.01. The van der Waals surface area contributed by atoms with Crippen LogP contribution < -0.4 is 4.90 Å². The molecule has 0 saturated carbocycles. The highest BCUT2D eigenvalue weighted by molar-refractivity contribution is 5.91. The van der Waals surface area contributed by atoms with Crippen LogP contribution in [0.25, 0.3) is 22.3 Å². The van der Waals surface area contributed by atoms with Crippen LogP contribution in [0, 0.1) is 0 Å². The smallest absolute Gasteiger partial charge is 0.163 e. The third-order valence-corrected chi connectivity index (χ3v) is 5.02. The molecule has 0 radical (unpaired) electrons. The molecular weight excluding hydrogens is 338 g/mol. The molecule has 3 aromatic heterocycles. The lowest BCUT2D eigenvalue weighted by atomic mass is 10.1. The second-order valence-corrected chi connectivity index (χ2v) is 6.74. The minimum Gasteiger partial charge on any atom is -0.351 e. The number of rotatable bonds is 4. The monoisotopic (exact) mass is 357 g/mol. The van der Waals surface area contributed by atoms with E-state index in [1.807, 2.05) is 41.2 Å². The molecule has 0 bridgehead atoms. The van der Waals surface area contributed by atoms with Crippen molar-refractivity contribution in [1.82, 2.24) is 29.7 Å². The molecular formula is C20H19N7. The van der Waals surface area contributed by atoms with Gasteiger partial charge in [-0.2, -0.15) is 5.10 Å². The molecule has 5 rings (SSSR count). The lowest BCUT2D eigenvalue weighted by molar-refractivity contribution is 0.507. The summed E-state index contributed by atoms with van der Waals surface area (Å²) >= 11 is 0. The Morgan fingerprint density at radius 1 is 1.04 bits per heavy atom. The van der Waals surface area contributed by atoms with Crippen LogP contribution >= 0.6 is 0 Å². The van der Waals surface area contributed by atoms with E-state index in [0.717, 1.165) is 48.2 Å². The molecule has 4 aromatic rings. The van der Waals surface area contributed by atoms with E-state index in [4.69, 9.17) is 9.97 Å². The Bertz CT molecular complexity index is 1050. The zero-order valence-corrected chi connectivity index (χ0v) is 14.8. The summed E-state index contributed by atoms with van der Waals surface area (Å²) in [5.74, 6) is 1.70. The van der Waals surface area contributed by atoms with Crippen LogP contribution in [0.1, 0.15) is 12.8 Å². The van der Waals surface area contributed by atoms with Gasteiger partial charge in [-0.15, -0.1) is 0 Å². The highest BCUT2D eigenvalue weighted by atomic mass is 15.3. The van der Waals surface area contributed by atoms with Gasteiger partial charge >= 0.3 is 0 Å². The number of fused-ring (bicyclic) bond motifs is 1. The molecule has 0 unspecified atom stereocenters. The number of pyridine rings is 1. The van der Waals surface area contributed by atoms with Crippen molar-refractivity contribution in [3.63, 3.8) is 0 Å². The maximum Gasteiger partial charge on any atom is 0.163 e. The van der Waals surface area contributed by atoms with Gasteiger partial charge in [0, 0.05) is 29.9 Å². The average molecular weight is 357 g/mol. The second kappa shape index (κ2) is 6.75. The van der Waals surface area contributed by atoms with Crippen LogP contribution in [0.15, 0.2) is 61.4 Å². The lowest BCUT2D eigenvalue weighted by Gasteiger charge is -2.27. The Kier molecular flexibility index (Phi) is 3.97. The molecule has 1 fully saturated rings. The lowest BCUT2D eigenvalue weighted by Crippen LogP contribution is -2.34. The van der Waals surface area contributed by atoms with Gasteiger partial charge in [0.1, 0.15) is 18.5 Å². The van der Waals surface area contributed by atoms with E-state index in [0.29, 0.717) is 11.9 Å². The average Bonchev–Trinajstić information content (AvgIpc) is 3.40. The van der Waals surface area contributed by atoms with Crippen molar-refractivity contribution in [3.8, 4) is 11.4 Å². The highest BCUT2D eigenvalue weighted by Gasteiger charge is 2.28. The number of hydrogen-bond acceptors (Lipinski definition) is 6. The fourth-order valence-corrected chi connectivity index (χ4v) is 3.75. The van der Waals surface area contributed by atoms with Crippen molar-refractivity contribution >= 4 is 16.7 Å². The Balaban J connectivity index is 1.60. The Labute approximate surface area is 156 Å². The number of anilines is 1. The summed E-state index contributed by atoms with van der Waals surface area (Å²) in [6, 6.07) is 12.5. The number of benzene rings is 1. The first kappa shape index (κ1) is 15.9. The van der Waals surface area contributed by atoms with Crippen molar-refractivity contribution in [2.24, 2.45) is 0 Å². The number of para-hydroxylation sites is 1. The molecule has 0 aliphatic carbocycles. The predicted molar refractivity (Wildman–Crippen MR) is 103 cm³/mol. The third-order valence-electron chi connectivity index (χ3n) is 5.02. The van der Waals surface area contributed by atoms with Gasteiger partial charge in [-0.25, -0.2) is 15.0 Å². The fraction of sp³-hybridized carbons (Fsp3) is 0.250. The van der Waals surface area contributed by atoms with E-state index in [9.17, 15) is 0 Å². The SMILES string of the molecule is c1cncc(-c2nc(N3CCC[C@H]3Cn3cncn3)c3ccccc3n2)c1. The minimum atomic E-state index is 0.340. The molecule has 0 spiro atoms. The normalized spacial score (nSPS) is 16.9. The maximum absolute atomic E-state index is 4.96. The Morgan fingerprint density at radius 3 is 2.85 bits per heavy atom. The molecule has 1 aromatic carbocycles. The van der Waals surface area contributed by atoms with Crippen molar-refractivity contribution in [2.45, 2.75) is 25.4 Å². The Hall–Kier alpha value is -3.35. The molecule has 0 amide bonds. The van der Waals surface area contributed by atoms with Crippen LogP contribution in [0.2, 0.25) is 0 Å². The Morgan fingerprint density at radius 2 is 2.00 bits per heavy atom. The van der Waals surface area contributed by atoms with Gasteiger partial charge in [0.25, 0.3) is 0 Å². The summed E-state index contributed by atoms with van der Waals surface area (Å²) in [6.45, 7) is 1.79. The standard InChI is InChI=1S/C20H19N7/c1-2-8-18-17(7-1)20(25-19(24-18)15-5-3-9-21-11-15)27-10-4-6-16(27)12-26-14-22-13-23-26/h1-3,5,7-9,11,13-14,16H,4,6,10,12H2/t16-/m0/s1. The molecule has 1 atom stereocenters. The van der Waals surface area contributed by atoms with Gasteiger partial charge in [0.15, 0.2) is 5.82 Å². The molecule has 7 nitrogen and oxygen atoms in total. The zero-order valence-electron chi connectivity index (χ0n) is 14.8. The predicted octanol–water partition coefficient (Wildman–Crippen LogP) is 2.95. The van der Waals surface area contributed by atoms with Gasteiger partial charge in [0.05, 0.1) is 18.1 Å². The summed E-state index contributed by atoms with van der Waals surface area (Å²) in [5.41, 5.74) is 1.88.